The predicted molar refractivity (Wildman–Crippen MR) is 101 cm³/mol. The summed E-state index contributed by atoms with van der Waals surface area (Å²) in [5.74, 6) is 2.45. The van der Waals surface area contributed by atoms with Gasteiger partial charge in [-0.25, -0.2) is 4.79 Å². The average molecular weight is 342 g/mol. The Balaban J connectivity index is 2.36. The Labute approximate surface area is 151 Å². The van der Waals surface area contributed by atoms with E-state index in [-0.39, 0.29) is 11.9 Å². The van der Waals surface area contributed by atoms with E-state index >= 15 is 0 Å². The van der Waals surface area contributed by atoms with Gasteiger partial charge in [0.2, 0.25) is 0 Å². The van der Waals surface area contributed by atoms with E-state index < -0.39 is 0 Å². The Kier molecular flexibility index (Phi) is 4.95. The van der Waals surface area contributed by atoms with E-state index in [0.29, 0.717) is 23.3 Å². The van der Waals surface area contributed by atoms with Crippen molar-refractivity contribution in [3.63, 3.8) is 0 Å². The Morgan fingerprint density at radius 1 is 1.12 bits per heavy atom. The van der Waals surface area contributed by atoms with Crippen LogP contribution >= 0.6 is 0 Å². The number of hydrogen-bond donors (Lipinski definition) is 0. The van der Waals surface area contributed by atoms with Crippen LogP contribution in [0.1, 0.15) is 91.8 Å². The van der Waals surface area contributed by atoms with Gasteiger partial charge in [-0.05, 0) is 68.1 Å². The van der Waals surface area contributed by atoms with E-state index in [9.17, 15) is 4.79 Å². The number of benzene rings is 1. The van der Waals surface area contributed by atoms with Crippen LogP contribution in [0.4, 0.5) is 0 Å². The van der Waals surface area contributed by atoms with Crippen molar-refractivity contribution in [3.05, 3.63) is 40.0 Å². The fourth-order valence-corrected chi connectivity index (χ4v) is 4.99. The first-order valence-electron chi connectivity index (χ1n) is 9.37. The first-order valence-corrected chi connectivity index (χ1v) is 9.37. The minimum absolute atomic E-state index is 0.255. The van der Waals surface area contributed by atoms with Gasteiger partial charge in [-0.2, -0.15) is 0 Å². The molecule has 25 heavy (non-hydrogen) atoms. The molecule has 0 aliphatic heterocycles. The van der Waals surface area contributed by atoms with Crippen molar-refractivity contribution in [2.45, 2.75) is 64.7 Å². The highest BCUT2D eigenvalue weighted by Crippen LogP contribution is 2.55. The molecule has 4 unspecified atom stereocenters. The second kappa shape index (κ2) is 6.86. The summed E-state index contributed by atoms with van der Waals surface area (Å²) in [4.78, 5) is 12.6. The number of ether oxygens (including phenoxy) is 2. The first-order chi connectivity index (χ1) is 11.9. The van der Waals surface area contributed by atoms with Crippen LogP contribution in [0.3, 0.4) is 0 Å². The number of esters is 1. The highest BCUT2D eigenvalue weighted by Gasteiger charge is 2.41. The molecule has 136 valence electrons. The summed E-state index contributed by atoms with van der Waals surface area (Å²) in [5, 5.41) is 0. The summed E-state index contributed by atoms with van der Waals surface area (Å²) in [6.45, 7) is 8.90. The molecule has 4 atom stereocenters. The van der Waals surface area contributed by atoms with Crippen molar-refractivity contribution in [2.75, 3.05) is 14.2 Å². The molecule has 0 N–H and O–H groups in total. The number of carbonyl (C=O) groups excluding carboxylic acids is 1. The zero-order chi connectivity index (χ0) is 18.3. The highest BCUT2D eigenvalue weighted by molar-refractivity contribution is 5.93. The van der Waals surface area contributed by atoms with Gasteiger partial charge < -0.3 is 9.47 Å². The quantitative estimate of drug-likeness (QED) is 0.533. The molecule has 0 spiro atoms. The first kappa shape index (κ1) is 18.0. The van der Waals surface area contributed by atoms with E-state index in [1.165, 1.54) is 42.2 Å². The molecular formula is C22H30O3. The summed E-state index contributed by atoms with van der Waals surface area (Å²) >= 11 is 0. The van der Waals surface area contributed by atoms with Crippen LogP contribution in [0.5, 0.6) is 5.75 Å². The van der Waals surface area contributed by atoms with Gasteiger partial charge in [0.25, 0.3) is 0 Å². The van der Waals surface area contributed by atoms with Crippen molar-refractivity contribution in [1.82, 2.24) is 0 Å². The molecular weight excluding hydrogens is 312 g/mol. The zero-order valence-corrected chi connectivity index (χ0v) is 16.3. The van der Waals surface area contributed by atoms with Crippen molar-refractivity contribution in [3.8, 4) is 5.75 Å². The van der Waals surface area contributed by atoms with Gasteiger partial charge in [0, 0.05) is 11.5 Å². The lowest BCUT2D eigenvalue weighted by Gasteiger charge is -2.43. The SMILES string of the molecule is COC(=O)c1cc(OC)c2c3c1C(C=C(C)C)CC(C)C3CCC2C. The van der Waals surface area contributed by atoms with Crippen LogP contribution in [0.15, 0.2) is 17.7 Å². The zero-order valence-electron chi connectivity index (χ0n) is 16.3. The molecule has 0 fully saturated rings. The third-order valence-electron chi connectivity index (χ3n) is 6.03. The van der Waals surface area contributed by atoms with Gasteiger partial charge in [-0.1, -0.05) is 25.5 Å². The van der Waals surface area contributed by atoms with E-state index in [2.05, 4.69) is 33.8 Å². The van der Waals surface area contributed by atoms with Crippen molar-refractivity contribution < 1.29 is 14.3 Å². The number of carbonyl (C=O) groups is 1. The third-order valence-corrected chi connectivity index (χ3v) is 6.03. The topological polar surface area (TPSA) is 35.5 Å². The predicted octanol–water partition coefficient (Wildman–Crippen LogP) is 5.55. The van der Waals surface area contributed by atoms with E-state index in [0.717, 1.165) is 12.2 Å². The Bertz CT molecular complexity index is 712. The second-order valence-corrected chi connectivity index (χ2v) is 8.01. The van der Waals surface area contributed by atoms with Gasteiger partial charge >= 0.3 is 5.97 Å². The lowest BCUT2D eigenvalue weighted by Crippen LogP contribution is -2.29. The molecule has 2 aliphatic rings. The molecule has 0 amide bonds. The molecule has 0 bridgehead atoms. The molecule has 3 rings (SSSR count). The second-order valence-electron chi connectivity index (χ2n) is 8.01. The Morgan fingerprint density at radius 3 is 2.44 bits per heavy atom. The minimum Gasteiger partial charge on any atom is -0.496 e. The normalized spacial score (nSPS) is 27.3. The molecule has 3 nitrogen and oxygen atoms in total. The molecule has 0 saturated carbocycles. The molecule has 0 heterocycles. The van der Waals surface area contributed by atoms with Crippen LogP contribution in [0, 0.1) is 5.92 Å². The monoisotopic (exact) mass is 342 g/mol. The summed E-state index contributed by atoms with van der Waals surface area (Å²) in [6, 6.07) is 1.92. The lowest BCUT2D eigenvalue weighted by molar-refractivity contribution is 0.0597. The number of methoxy groups -OCH3 is 2. The smallest absolute Gasteiger partial charge is 0.338 e. The van der Waals surface area contributed by atoms with Crippen LogP contribution in [0.25, 0.3) is 0 Å². The van der Waals surface area contributed by atoms with Gasteiger partial charge in [0.1, 0.15) is 5.75 Å². The number of rotatable bonds is 3. The highest BCUT2D eigenvalue weighted by atomic mass is 16.5. The standard InChI is InChI=1S/C22H30O3/c1-12(2)9-15-10-14(4)16-8-7-13(3)19-18(24-5)11-17(22(23)25-6)20(15)21(16)19/h9,11,13-16H,7-8,10H2,1-6H3. The molecule has 1 aromatic carbocycles. The largest absolute Gasteiger partial charge is 0.496 e. The van der Waals surface area contributed by atoms with Gasteiger partial charge in [0.15, 0.2) is 0 Å². The maximum absolute atomic E-state index is 12.6. The number of hydrogen-bond acceptors (Lipinski definition) is 3. The Morgan fingerprint density at radius 2 is 1.84 bits per heavy atom. The molecule has 2 aliphatic carbocycles. The van der Waals surface area contributed by atoms with E-state index in [4.69, 9.17) is 9.47 Å². The van der Waals surface area contributed by atoms with Crippen LogP contribution in [-0.2, 0) is 4.74 Å². The van der Waals surface area contributed by atoms with Crippen molar-refractivity contribution in [1.29, 1.82) is 0 Å². The fraction of sp³-hybridized carbons (Fsp3) is 0.591. The van der Waals surface area contributed by atoms with E-state index in [1.54, 1.807) is 7.11 Å². The van der Waals surface area contributed by atoms with Crippen LogP contribution in [-0.4, -0.2) is 20.2 Å². The van der Waals surface area contributed by atoms with Gasteiger partial charge in [-0.15, -0.1) is 0 Å². The van der Waals surface area contributed by atoms with Crippen LogP contribution < -0.4 is 4.74 Å². The summed E-state index contributed by atoms with van der Waals surface area (Å²) in [7, 11) is 3.16. The van der Waals surface area contributed by atoms with Crippen molar-refractivity contribution in [2.24, 2.45) is 5.92 Å². The summed E-state index contributed by atoms with van der Waals surface area (Å²) in [5.41, 5.74) is 5.87. The summed E-state index contributed by atoms with van der Waals surface area (Å²) < 4.78 is 10.8. The molecule has 0 saturated heterocycles. The lowest BCUT2D eigenvalue weighted by atomic mass is 9.62. The molecule has 0 aromatic heterocycles. The number of allylic oxidation sites excluding steroid dienone is 2. The third kappa shape index (κ3) is 2.98. The van der Waals surface area contributed by atoms with E-state index in [1.807, 2.05) is 6.07 Å². The van der Waals surface area contributed by atoms with Gasteiger partial charge in [0.05, 0.1) is 19.8 Å². The molecule has 3 heteroatoms. The maximum atomic E-state index is 12.6. The van der Waals surface area contributed by atoms with Crippen LogP contribution in [0.2, 0.25) is 0 Å². The fourth-order valence-electron chi connectivity index (χ4n) is 4.99. The average Bonchev–Trinajstić information content (AvgIpc) is 2.58. The molecule has 1 aromatic rings. The van der Waals surface area contributed by atoms with Crippen molar-refractivity contribution >= 4 is 5.97 Å². The maximum Gasteiger partial charge on any atom is 0.338 e. The summed E-state index contributed by atoms with van der Waals surface area (Å²) in [6.07, 6.45) is 5.79. The Hall–Kier alpha value is -1.77. The van der Waals surface area contributed by atoms with Gasteiger partial charge in [-0.3, -0.25) is 0 Å². The molecule has 0 radical (unpaired) electrons. The minimum atomic E-state index is -0.255.